The molecular formula is C15H20O3. The van der Waals surface area contributed by atoms with E-state index in [0.29, 0.717) is 31.8 Å². The Labute approximate surface area is 109 Å². The van der Waals surface area contributed by atoms with E-state index in [-0.39, 0.29) is 0 Å². The van der Waals surface area contributed by atoms with Gasteiger partial charge in [0.2, 0.25) is 6.79 Å². The summed E-state index contributed by atoms with van der Waals surface area (Å²) >= 11 is 0. The molecule has 2 aliphatic rings. The van der Waals surface area contributed by atoms with Gasteiger partial charge < -0.3 is 14.2 Å². The van der Waals surface area contributed by atoms with Crippen LogP contribution < -0.4 is 0 Å². The van der Waals surface area contributed by atoms with Crippen molar-refractivity contribution in [2.24, 2.45) is 11.8 Å². The molecule has 3 nitrogen and oxygen atoms in total. The van der Waals surface area contributed by atoms with Gasteiger partial charge in [0.15, 0.2) is 11.5 Å². The first kappa shape index (κ1) is 13.0. The van der Waals surface area contributed by atoms with E-state index in [9.17, 15) is 0 Å². The molecule has 0 aromatic heterocycles. The third kappa shape index (κ3) is 3.08. The summed E-state index contributed by atoms with van der Waals surface area (Å²) in [7, 11) is 0. The van der Waals surface area contributed by atoms with E-state index in [2.05, 4.69) is 25.0 Å². The molecule has 1 aliphatic carbocycles. The molecule has 2 atom stereocenters. The second-order valence-corrected chi connectivity index (χ2v) is 4.66. The summed E-state index contributed by atoms with van der Waals surface area (Å²) in [5.41, 5.74) is 0. The average Bonchev–Trinajstić information content (AvgIpc) is 2.83. The van der Waals surface area contributed by atoms with Gasteiger partial charge in [-0.25, -0.2) is 0 Å². The van der Waals surface area contributed by atoms with Crippen LogP contribution in [0.2, 0.25) is 0 Å². The van der Waals surface area contributed by atoms with Gasteiger partial charge in [0, 0.05) is 5.92 Å². The molecule has 2 rings (SSSR count). The molecule has 0 aromatic rings. The fraction of sp³-hybridized carbons (Fsp3) is 0.600. The highest BCUT2D eigenvalue weighted by atomic mass is 16.7. The molecule has 98 valence electrons. The highest BCUT2D eigenvalue weighted by molar-refractivity contribution is 5.29. The van der Waals surface area contributed by atoms with E-state index in [4.69, 9.17) is 20.6 Å². The first-order valence-corrected chi connectivity index (χ1v) is 6.56. The number of hydrogen-bond acceptors (Lipinski definition) is 3. The normalized spacial score (nSPS) is 25.3. The van der Waals surface area contributed by atoms with Crippen LogP contribution in [0.15, 0.2) is 23.7 Å². The van der Waals surface area contributed by atoms with Crippen molar-refractivity contribution in [2.45, 2.75) is 26.2 Å². The summed E-state index contributed by atoms with van der Waals surface area (Å²) in [5, 5.41) is 0. The molecule has 1 aliphatic heterocycles. The summed E-state index contributed by atoms with van der Waals surface area (Å²) < 4.78 is 16.3. The van der Waals surface area contributed by atoms with E-state index in [1.807, 2.05) is 0 Å². The first-order valence-electron chi connectivity index (χ1n) is 6.56. The van der Waals surface area contributed by atoms with Gasteiger partial charge in [-0.2, -0.15) is 0 Å². The molecule has 0 saturated carbocycles. The van der Waals surface area contributed by atoms with Gasteiger partial charge in [-0.1, -0.05) is 25.7 Å². The van der Waals surface area contributed by atoms with Crippen LogP contribution in [0.4, 0.5) is 0 Å². The maximum atomic E-state index is 5.47. The Hall–Kier alpha value is -1.40. The van der Waals surface area contributed by atoms with Crippen molar-refractivity contribution in [3.63, 3.8) is 0 Å². The zero-order chi connectivity index (χ0) is 12.8. The van der Waals surface area contributed by atoms with Crippen molar-refractivity contribution in [1.29, 1.82) is 0 Å². The highest BCUT2D eigenvalue weighted by Crippen LogP contribution is 2.35. The molecule has 2 unspecified atom stereocenters. The van der Waals surface area contributed by atoms with Crippen LogP contribution in [-0.4, -0.2) is 20.0 Å². The zero-order valence-corrected chi connectivity index (χ0v) is 10.9. The van der Waals surface area contributed by atoms with Crippen molar-refractivity contribution < 1.29 is 14.2 Å². The second-order valence-electron chi connectivity index (χ2n) is 4.66. The molecule has 1 fully saturated rings. The third-order valence-corrected chi connectivity index (χ3v) is 3.34. The first-order chi connectivity index (χ1) is 8.85. The molecule has 18 heavy (non-hydrogen) atoms. The number of unbranched alkanes of at least 4 members (excludes halogenated alkanes) is 1. The summed E-state index contributed by atoms with van der Waals surface area (Å²) in [4.78, 5) is 0. The van der Waals surface area contributed by atoms with Gasteiger partial charge in [0.05, 0.1) is 6.61 Å². The van der Waals surface area contributed by atoms with Crippen molar-refractivity contribution >= 4 is 0 Å². The van der Waals surface area contributed by atoms with Crippen molar-refractivity contribution in [2.75, 3.05) is 20.0 Å². The molecule has 0 N–H and O–H groups in total. The van der Waals surface area contributed by atoms with Crippen LogP contribution in [0, 0.1) is 24.2 Å². The van der Waals surface area contributed by atoms with E-state index in [0.717, 1.165) is 17.9 Å². The predicted molar refractivity (Wildman–Crippen MR) is 69.4 cm³/mol. The quantitative estimate of drug-likeness (QED) is 0.534. The molecule has 1 heterocycles. The molecule has 3 heteroatoms. The Bertz CT molecular complexity index is 376. The lowest BCUT2D eigenvalue weighted by Gasteiger charge is -2.25. The highest BCUT2D eigenvalue weighted by Gasteiger charge is 2.29. The molecule has 1 saturated heterocycles. The summed E-state index contributed by atoms with van der Waals surface area (Å²) in [6, 6.07) is 0. The average molecular weight is 248 g/mol. The van der Waals surface area contributed by atoms with Crippen molar-refractivity contribution in [3.05, 3.63) is 23.7 Å². The standard InChI is InChI=1S/C15H20O3/c1-3-5-6-12-8-14-15(18-11-17-14)9-13(12)10-16-7-4-2/h2,8-9,12-13H,3,5-7,10-11H2,1H3. The smallest absolute Gasteiger partial charge is 0.231 e. The maximum absolute atomic E-state index is 5.47. The maximum Gasteiger partial charge on any atom is 0.231 e. The number of fused-ring (bicyclic) bond motifs is 1. The lowest BCUT2D eigenvalue weighted by atomic mass is 9.84. The Morgan fingerprint density at radius 1 is 1.33 bits per heavy atom. The minimum absolute atomic E-state index is 0.329. The van der Waals surface area contributed by atoms with Crippen molar-refractivity contribution in [3.8, 4) is 12.3 Å². The fourth-order valence-electron chi connectivity index (χ4n) is 2.36. The Balaban J connectivity index is 1.99. The third-order valence-electron chi connectivity index (χ3n) is 3.34. The zero-order valence-electron chi connectivity index (χ0n) is 10.9. The van der Waals surface area contributed by atoms with Crippen LogP contribution in [0.3, 0.4) is 0 Å². The number of rotatable bonds is 6. The fourth-order valence-corrected chi connectivity index (χ4v) is 2.36. The van der Waals surface area contributed by atoms with Gasteiger partial charge >= 0.3 is 0 Å². The van der Waals surface area contributed by atoms with E-state index in [1.54, 1.807) is 0 Å². The Kier molecular flexibility index (Phi) is 4.72. The summed E-state index contributed by atoms with van der Waals surface area (Å²) in [5.74, 6) is 5.05. The number of ether oxygens (including phenoxy) is 3. The molecule has 0 bridgehead atoms. The monoisotopic (exact) mass is 248 g/mol. The molecule has 0 spiro atoms. The molecular weight excluding hydrogens is 228 g/mol. The Morgan fingerprint density at radius 3 is 2.72 bits per heavy atom. The van der Waals surface area contributed by atoms with Gasteiger partial charge in [-0.05, 0) is 24.5 Å². The molecule has 0 amide bonds. The van der Waals surface area contributed by atoms with Crippen LogP contribution in [0.25, 0.3) is 0 Å². The van der Waals surface area contributed by atoms with Gasteiger partial charge in [-0.3, -0.25) is 0 Å². The van der Waals surface area contributed by atoms with E-state index >= 15 is 0 Å². The van der Waals surface area contributed by atoms with E-state index < -0.39 is 0 Å². The largest absolute Gasteiger partial charge is 0.454 e. The lowest BCUT2D eigenvalue weighted by molar-refractivity contribution is 0.0973. The van der Waals surface area contributed by atoms with Crippen molar-refractivity contribution in [1.82, 2.24) is 0 Å². The van der Waals surface area contributed by atoms with Gasteiger partial charge in [-0.15, -0.1) is 6.42 Å². The number of hydrogen-bond donors (Lipinski definition) is 0. The number of allylic oxidation sites excluding steroid dienone is 1. The lowest BCUT2D eigenvalue weighted by Crippen LogP contribution is -2.21. The van der Waals surface area contributed by atoms with Gasteiger partial charge in [0.25, 0.3) is 0 Å². The van der Waals surface area contributed by atoms with Crippen LogP contribution >= 0.6 is 0 Å². The molecule has 0 radical (unpaired) electrons. The summed E-state index contributed by atoms with van der Waals surface area (Å²) in [6.07, 6.45) is 13.1. The van der Waals surface area contributed by atoms with Crippen LogP contribution in [-0.2, 0) is 14.2 Å². The topological polar surface area (TPSA) is 27.7 Å². The van der Waals surface area contributed by atoms with Crippen LogP contribution in [0.1, 0.15) is 26.2 Å². The minimum atomic E-state index is 0.329. The summed E-state index contributed by atoms with van der Waals surface area (Å²) in [6.45, 7) is 3.55. The second kappa shape index (κ2) is 6.51. The van der Waals surface area contributed by atoms with Gasteiger partial charge in [0.1, 0.15) is 6.61 Å². The minimum Gasteiger partial charge on any atom is -0.454 e. The predicted octanol–water partition coefficient (Wildman–Crippen LogP) is 2.84. The van der Waals surface area contributed by atoms with E-state index in [1.165, 1.54) is 12.8 Å². The SMILES string of the molecule is C#CCOCC1C=C2OCOC2=CC1CCCC. The van der Waals surface area contributed by atoms with Crippen LogP contribution in [0.5, 0.6) is 0 Å². The molecule has 0 aromatic carbocycles. The number of terminal acetylenes is 1. The Morgan fingerprint density at radius 2 is 2.06 bits per heavy atom.